The van der Waals surface area contributed by atoms with Crippen LogP contribution < -0.4 is 20.1 Å². The van der Waals surface area contributed by atoms with E-state index in [2.05, 4.69) is 10.6 Å². The molecule has 31 heavy (non-hydrogen) atoms. The van der Waals surface area contributed by atoms with E-state index in [1.54, 1.807) is 42.5 Å². The molecule has 0 aliphatic heterocycles. The Bertz CT molecular complexity index is 1110. The summed E-state index contributed by atoms with van der Waals surface area (Å²) in [6.07, 6.45) is 0. The molecule has 3 aromatic rings. The number of benzene rings is 3. The molecule has 0 saturated heterocycles. The van der Waals surface area contributed by atoms with Crippen LogP contribution in [0, 0.1) is 13.8 Å². The van der Waals surface area contributed by atoms with Gasteiger partial charge in [-0.2, -0.15) is 0 Å². The molecule has 0 aliphatic carbocycles. The molecule has 0 fully saturated rings. The number of halogens is 1. The van der Waals surface area contributed by atoms with Gasteiger partial charge in [0.05, 0.1) is 23.4 Å². The third-order valence-corrected chi connectivity index (χ3v) is 5.10. The molecule has 0 atom stereocenters. The number of carbonyl (C=O) groups excluding carboxylic acids is 2. The van der Waals surface area contributed by atoms with Crippen LogP contribution in [0.3, 0.4) is 0 Å². The van der Waals surface area contributed by atoms with Gasteiger partial charge in [-0.25, -0.2) is 0 Å². The van der Waals surface area contributed by atoms with E-state index in [0.717, 1.165) is 11.1 Å². The number of ether oxygens (including phenoxy) is 2. The molecule has 3 rings (SSSR count). The summed E-state index contributed by atoms with van der Waals surface area (Å²) >= 11 is 6.08. The van der Waals surface area contributed by atoms with Crippen molar-refractivity contribution in [2.45, 2.75) is 13.8 Å². The highest BCUT2D eigenvalue weighted by Gasteiger charge is 2.14. The van der Waals surface area contributed by atoms with E-state index in [-0.39, 0.29) is 18.4 Å². The number of nitrogens with one attached hydrogen (secondary N) is 2. The first-order valence-corrected chi connectivity index (χ1v) is 9.99. The summed E-state index contributed by atoms with van der Waals surface area (Å²) in [6.45, 7) is 3.81. The summed E-state index contributed by atoms with van der Waals surface area (Å²) in [5.41, 5.74) is 3.42. The molecule has 6 nitrogen and oxygen atoms in total. The quantitative estimate of drug-likeness (QED) is 0.529. The van der Waals surface area contributed by atoms with E-state index in [9.17, 15) is 9.59 Å². The normalized spacial score (nSPS) is 10.3. The fraction of sp³-hybridized carbons (Fsp3) is 0.167. The Hall–Kier alpha value is -3.51. The van der Waals surface area contributed by atoms with E-state index >= 15 is 0 Å². The minimum atomic E-state index is -0.359. The lowest BCUT2D eigenvalue weighted by atomic mass is 10.1. The number of aryl methyl sites for hydroxylation is 1. The van der Waals surface area contributed by atoms with E-state index in [4.69, 9.17) is 21.1 Å². The second-order valence-corrected chi connectivity index (χ2v) is 7.29. The van der Waals surface area contributed by atoms with Gasteiger partial charge in [0.1, 0.15) is 11.5 Å². The fourth-order valence-corrected chi connectivity index (χ4v) is 3.15. The van der Waals surface area contributed by atoms with Gasteiger partial charge in [-0.3, -0.25) is 9.59 Å². The minimum Gasteiger partial charge on any atom is -0.494 e. The van der Waals surface area contributed by atoms with Crippen LogP contribution in [0.1, 0.15) is 21.5 Å². The number of carbonyl (C=O) groups is 2. The topological polar surface area (TPSA) is 76.7 Å². The van der Waals surface area contributed by atoms with Crippen LogP contribution in [-0.4, -0.2) is 25.5 Å². The maximum absolute atomic E-state index is 12.5. The van der Waals surface area contributed by atoms with Crippen LogP contribution in [0.5, 0.6) is 11.5 Å². The summed E-state index contributed by atoms with van der Waals surface area (Å²) in [5.74, 6) is 0.400. The maximum Gasteiger partial charge on any atom is 0.262 e. The summed E-state index contributed by atoms with van der Waals surface area (Å²) in [6, 6.07) is 17.4. The molecule has 2 amide bonds. The first kappa shape index (κ1) is 22.2. The molecule has 3 aromatic carbocycles. The third-order valence-electron chi connectivity index (χ3n) is 4.77. The Morgan fingerprint density at radius 3 is 2.45 bits per heavy atom. The average Bonchev–Trinajstić information content (AvgIpc) is 2.76. The zero-order valence-corrected chi connectivity index (χ0v) is 18.2. The smallest absolute Gasteiger partial charge is 0.262 e. The predicted molar refractivity (Wildman–Crippen MR) is 122 cm³/mol. The first-order chi connectivity index (χ1) is 14.9. The van der Waals surface area contributed by atoms with Gasteiger partial charge in [0, 0.05) is 11.8 Å². The van der Waals surface area contributed by atoms with Crippen molar-refractivity contribution in [1.29, 1.82) is 0 Å². The monoisotopic (exact) mass is 438 g/mol. The Labute approximate surface area is 186 Å². The van der Waals surface area contributed by atoms with E-state index in [0.29, 0.717) is 33.5 Å². The molecule has 0 unspecified atom stereocenters. The third kappa shape index (κ3) is 5.55. The highest BCUT2D eigenvalue weighted by molar-refractivity contribution is 6.34. The van der Waals surface area contributed by atoms with Crippen LogP contribution in [0.25, 0.3) is 0 Å². The maximum atomic E-state index is 12.5. The van der Waals surface area contributed by atoms with Gasteiger partial charge in [0.25, 0.3) is 11.8 Å². The second kappa shape index (κ2) is 10.00. The van der Waals surface area contributed by atoms with Crippen molar-refractivity contribution in [3.8, 4) is 11.5 Å². The van der Waals surface area contributed by atoms with Gasteiger partial charge in [0.15, 0.2) is 6.61 Å². The van der Waals surface area contributed by atoms with Crippen molar-refractivity contribution in [2.24, 2.45) is 0 Å². The molecule has 7 heteroatoms. The largest absolute Gasteiger partial charge is 0.494 e. The lowest BCUT2D eigenvalue weighted by Crippen LogP contribution is -2.20. The number of hydrogen-bond donors (Lipinski definition) is 2. The fourth-order valence-electron chi connectivity index (χ4n) is 2.93. The van der Waals surface area contributed by atoms with Gasteiger partial charge in [-0.05, 0) is 55.3 Å². The van der Waals surface area contributed by atoms with Crippen LogP contribution >= 0.6 is 11.6 Å². The Morgan fingerprint density at radius 2 is 1.71 bits per heavy atom. The standard InChI is InChI=1S/C24H23ClN2O4/c1-15-7-6-10-21(16(15)2)31-14-23(28)26-17-11-12-20(22(13-17)30-3)27-24(29)18-8-4-5-9-19(18)25/h4-13H,14H2,1-3H3,(H,26,28)(H,27,29). The Balaban J connectivity index is 1.65. The lowest BCUT2D eigenvalue weighted by Gasteiger charge is -2.14. The van der Waals surface area contributed by atoms with Gasteiger partial charge < -0.3 is 20.1 Å². The van der Waals surface area contributed by atoms with Gasteiger partial charge in [-0.1, -0.05) is 35.9 Å². The summed E-state index contributed by atoms with van der Waals surface area (Å²) in [5, 5.41) is 5.89. The summed E-state index contributed by atoms with van der Waals surface area (Å²) in [4.78, 5) is 24.8. The van der Waals surface area contributed by atoms with Crippen molar-refractivity contribution in [3.63, 3.8) is 0 Å². The number of hydrogen-bond acceptors (Lipinski definition) is 4. The van der Waals surface area contributed by atoms with Crippen LogP contribution in [-0.2, 0) is 4.79 Å². The first-order valence-electron chi connectivity index (χ1n) is 9.62. The van der Waals surface area contributed by atoms with Crippen LogP contribution in [0.2, 0.25) is 5.02 Å². The number of methoxy groups -OCH3 is 1. The second-order valence-electron chi connectivity index (χ2n) is 6.88. The van der Waals surface area contributed by atoms with E-state index in [1.807, 2.05) is 32.0 Å². The zero-order valence-electron chi connectivity index (χ0n) is 17.5. The minimum absolute atomic E-state index is 0.127. The van der Waals surface area contributed by atoms with Crippen molar-refractivity contribution in [1.82, 2.24) is 0 Å². The van der Waals surface area contributed by atoms with Crippen molar-refractivity contribution < 1.29 is 19.1 Å². The molecule has 0 bridgehead atoms. The number of rotatable bonds is 7. The predicted octanol–water partition coefficient (Wildman–Crippen LogP) is 5.24. The molecular weight excluding hydrogens is 416 g/mol. The molecule has 2 N–H and O–H groups in total. The van der Waals surface area contributed by atoms with Gasteiger partial charge >= 0.3 is 0 Å². The molecular formula is C24H23ClN2O4. The highest BCUT2D eigenvalue weighted by atomic mass is 35.5. The molecule has 0 heterocycles. The van der Waals surface area contributed by atoms with E-state index < -0.39 is 0 Å². The van der Waals surface area contributed by atoms with Gasteiger partial charge in [-0.15, -0.1) is 0 Å². The molecule has 0 saturated carbocycles. The van der Waals surface area contributed by atoms with Gasteiger partial charge in [0.2, 0.25) is 0 Å². The van der Waals surface area contributed by atoms with Crippen LogP contribution in [0.4, 0.5) is 11.4 Å². The molecule has 0 aromatic heterocycles. The van der Waals surface area contributed by atoms with E-state index in [1.165, 1.54) is 7.11 Å². The Morgan fingerprint density at radius 1 is 0.935 bits per heavy atom. The summed E-state index contributed by atoms with van der Waals surface area (Å²) < 4.78 is 11.0. The molecule has 0 radical (unpaired) electrons. The molecule has 0 aliphatic rings. The SMILES string of the molecule is COc1cc(NC(=O)COc2cccc(C)c2C)ccc1NC(=O)c1ccccc1Cl. The average molecular weight is 439 g/mol. The van der Waals surface area contributed by atoms with Crippen molar-refractivity contribution in [2.75, 3.05) is 24.4 Å². The number of anilines is 2. The van der Waals surface area contributed by atoms with Crippen molar-refractivity contribution in [3.05, 3.63) is 82.4 Å². The number of amides is 2. The molecule has 0 spiro atoms. The highest BCUT2D eigenvalue weighted by Crippen LogP contribution is 2.29. The zero-order chi connectivity index (χ0) is 22.4. The lowest BCUT2D eigenvalue weighted by molar-refractivity contribution is -0.118. The van der Waals surface area contributed by atoms with Crippen LogP contribution in [0.15, 0.2) is 60.7 Å². The molecule has 160 valence electrons. The Kier molecular flexibility index (Phi) is 7.15. The van der Waals surface area contributed by atoms with Crippen molar-refractivity contribution >= 4 is 34.8 Å². The summed E-state index contributed by atoms with van der Waals surface area (Å²) in [7, 11) is 1.48.